The van der Waals surface area contributed by atoms with Crippen molar-refractivity contribution in [2.45, 2.75) is 18.8 Å². The molecule has 6 N–H and O–H groups in total. The van der Waals surface area contributed by atoms with Gasteiger partial charge in [0, 0.05) is 5.56 Å². The number of ether oxygens (including phenoxy) is 1. The van der Waals surface area contributed by atoms with Crippen LogP contribution in [0.1, 0.15) is 34.7 Å². The highest BCUT2D eigenvalue weighted by Gasteiger charge is 2.28. The Morgan fingerprint density at radius 3 is 2.61 bits per heavy atom. The lowest BCUT2D eigenvalue weighted by atomic mass is 10.0. The number of aromatic amines is 1. The van der Waals surface area contributed by atoms with Gasteiger partial charge in [0.2, 0.25) is 0 Å². The van der Waals surface area contributed by atoms with Crippen molar-refractivity contribution in [2.24, 2.45) is 11.5 Å². The summed E-state index contributed by atoms with van der Waals surface area (Å²) in [6.07, 6.45) is 2.29. The van der Waals surface area contributed by atoms with Crippen LogP contribution in [0.25, 0.3) is 11.3 Å². The van der Waals surface area contributed by atoms with Crippen LogP contribution in [0.15, 0.2) is 24.3 Å². The van der Waals surface area contributed by atoms with E-state index in [4.69, 9.17) is 16.2 Å². The number of anilines is 1. The SMILES string of the molecule is COc1c(-c2cc(C(N)=O)c(NC(N)=O)[nH]2)cccc1C1CC1. The number of hydrogen-bond acceptors (Lipinski definition) is 3. The number of carbonyl (C=O) groups excluding carboxylic acids is 2. The van der Waals surface area contributed by atoms with E-state index in [-0.39, 0.29) is 11.4 Å². The van der Waals surface area contributed by atoms with Gasteiger partial charge in [-0.3, -0.25) is 10.1 Å². The number of para-hydroxylation sites is 1. The van der Waals surface area contributed by atoms with Crippen LogP contribution < -0.4 is 21.5 Å². The number of urea groups is 1. The molecule has 3 rings (SSSR count). The van der Waals surface area contributed by atoms with E-state index in [2.05, 4.69) is 10.3 Å². The molecule has 7 heteroatoms. The Morgan fingerprint density at radius 1 is 1.30 bits per heavy atom. The molecule has 1 aromatic carbocycles. The van der Waals surface area contributed by atoms with Gasteiger partial charge in [-0.15, -0.1) is 0 Å². The molecule has 7 nitrogen and oxygen atoms in total. The zero-order valence-corrected chi connectivity index (χ0v) is 12.7. The van der Waals surface area contributed by atoms with Gasteiger partial charge in [0.05, 0.1) is 18.4 Å². The Labute approximate surface area is 133 Å². The van der Waals surface area contributed by atoms with Crippen LogP contribution in [-0.4, -0.2) is 24.0 Å². The molecule has 0 spiro atoms. The molecule has 1 fully saturated rings. The third-order valence-corrected chi connectivity index (χ3v) is 3.89. The number of hydrogen-bond donors (Lipinski definition) is 4. The number of primary amides is 2. The molecule has 0 atom stereocenters. The van der Waals surface area contributed by atoms with Crippen LogP contribution in [0.3, 0.4) is 0 Å². The maximum atomic E-state index is 11.6. The Balaban J connectivity index is 2.10. The van der Waals surface area contributed by atoms with Gasteiger partial charge >= 0.3 is 6.03 Å². The lowest BCUT2D eigenvalue weighted by Gasteiger charge is -2.12. The average Bonchev–Trinajstić information content (AvgIpc) is 3.26. The minimum Gasteiger partial charge on any atom is -0.496 e. The lowest BCUT2D eigenvalue weighted by Crippen LogP contribution is -2.22. The third kappa shape index (κ3) is 2.85. The van der Waals surface area contributed by atoms with Gasteiger partial charge in [-0.25, -0.2) is 4.79 Å². The molecule has 0 aliphatic heterocycles. The number of nitrogens with two attached hydrogens (primary N) is 2. The number of rotatable bonds is 5. The van der Waals surface area contributed by atoms with Gasteiger partial charge in [0.1, 0.15) is 11.6 Å². The Kier molecular flexibility index (Phi) is 3.69. The van der Waals surface area contributed by atoms with Crippen molar-refractivity contribution in [3.63, 3.8) is 0 Å². The van der Waals surface area contributed by atoms with E-state index in [1.54, 1.807) is 13.2 Å². The predicted molar refractivity (Wildman–Crippen MR) is 86.5 cm³/mol. The molecule has 1 aliphatic rings. The molecular formula is C16H18N4O3. The third-order valence-electron chi connectivity index (χ3n) is 3.89. The lowest BCUT2D eigenvalue weighted by molar-refractivity contribution is 0.100. The second-order valence-corrected chi connectivity index (χ2v) is 5.53. The summed E-state index contributed by atoms with van der Waals surface area (Å²) < 4.78 is 5.57. The quantitative estimate of drug-likeness (QED) is 0.676. The molecule has 3 amide bonds. The van der Waals surface area contributed by atoms with E-state index in [0.29, 0.717) is 11.6 Å². The largest absolute Gasteiger partial charge is 0.496 e. The second kappa shape index (κ2) is 5.68. The zero-order chi connectivity index (χ0) is 16.6. The molecule has 1 aliphatic carbocycles. The van der Waals surface area contributed by atoms with Gasteiger partial charge < -0.3 is 21.2 Å². The highest BCUT2D eigenvalue weighted by Crippen LogP contribution is 2.47. The summed E-state index contributed by atoms with van der Waals surface area (Å²) in [6, 6.07) is 6.68. The first kappa shape index (κ1) is 15.0. The van der Waals surface area contributed by atoms with E-state index in [0.717, 1.165) is 29.7 Å². The number of aromatic nitrogens is 1. The fourth-order valence-electron chi connectivity index (χ4n) is 2.73. The highest BCUT2D eigenvalue weighted by molar-refractivity contribution is 6.03. The van der Waals surface area contributed by atoms with E-state index >= 15 is 0 Å². The van der Waals surface area contributed by atoms with Crippen LogP contribution in [-0.2, 0) is 0 Å². The van der Waals surface area contributed by atoms with Gasteiger partial charge in [0.25, 0.3) is 5.91 Å². The van der Waals surface area contributed by atoms with E-state index < -0.39 is 11.9 Å². The van der Waals surface area contributed by atoms with Gasteiger partial charge in [-0.2, -0.15) is 0 Å². The van der Waals surface area contributed by atoms with Crippen molar-refractivity contribution in [1.82, 2.24) is 4.98 Å². The van der Waals surface area contributed by atoms with Crippen LogP contribution in [0.4, 0.5) is 10.6 Å². The van der Waals surface area contributed by atoms with Crippen molar-refractivity contribution in [1.29, 1.82) is 0 Å². The molecule has 120 valence electrons. The van der Waals surface area contributed by atoms with Crippen LogP contribution in [0.2, 0.25) is 0 Å². The van der Waals surface area contributed by atoms with Gasteiger partial charge in [-0.05, 0) is 36.5 Å². The van der Waals surface area contributed by atoms with E-state index in [9.17, 15) is 9.59 Å². The van der Waals surface area contributed by atoms with E-state index in [1.807, 2.05) is 18.2 Å². The van der Waals surface area contributed by atoms with Crippen molar-refractivity contribution < 1.29 is 14.3 Å². The molecule has 2 aromatic rings. The maximum absolute atomic E-state index is 11.6. The molecule has 1 saturated carbocycles. The maximum Gasteiger partial charge on any atom is 0.317 e. The van der Waals surface area contributed by atoms with Crippen molar-refractivity contribution in [3.8, 4) is 17.0 Å². The predicted octanol–water partition coefficient (Wildman–Crippen LogP) is 2.16. The molecule has 1 heterocycles. The molecular weight excluding hydrogens is 296 g/mol. The first-order valence-electron chi connectivity index (χ1n) is 7.27. The first-order valence-corrected chi connectivity index (χ1v) is 7.27. The monoisotopic (exact) mass is 314 g/mol. The molecule has 23 heavy (non-hydrogen) atoms. The minimum absolute atomic E-state index is 0.165. The summed E-state index contributed by atoms with van der Waals surface area (Å²) in [6.45, 7) is 0. The number of H-pyrrole nitrogens is 1. The number of carbonyl (C=O) groups is 2. The topological polar surface area (TPSA) is 123 Å². The summed E-state index contributed by atoms with van der Waals surface area (Å²) in [5.74, 6) is 0.795. The number of amides is 3. The van der Waals surface area contributed by atoms with Crippen molar-refractivity contribution in [2.75, 3.05) is 12.4 Å². The van der Waals surface area contributed by atoms with Gasteiger partial charge in [-0.1, -0.05) is 12.1 Å². The minimum atomic E-state index is -0.778. The summed E-state index contributed by atoms with van der Waals surface area (Å²) in [4.78, 5) is 25.6. The number of benzene rings is 1. The highest BCUT2D eigenvalue weighted by atomic mass is 16.5. The Hall–Kier alpha value is -2.96. The molecule has 0 unspecified atom stereocenters. The second-order valence-electron chi connectivity index (χ2n) is 5.53. The average molecular weight is 314 g/mol. The molecule has 0 bridgehead atoms. The van der Waals surface area contributed by atoms with E-state index in [1.165, 1.54) is 0 Å². The normalized spacial score (nSPS) is 13.6. The summed E-state index contributed by atoms with van der Waals surface area (Å²) in [5, 5.41) is 2.37. The summed E-state index contributed by atoms with van der Waals surface area (Å²) >= 11 is 0. The molecule has 0 radical (unpaired) electrons. The fourth-order valence-corrected chi connectivity index (χ4v) is 2.73. The Morgan fingerprint density at radius 2 is 2.04 bits per heavy atom. The van der Waals surface area contributed by atoms with Crippen molar-refractivity contribution >= 4 is 17.8 Å². The van der Waals surface area contributed by atoms with Gasteiger partial charge in [0.15, 0.2) is 0 Å². The summed E-state index contributed by atoms with van der Waals surface area (Å²) in [7, 11) is 1.62. The Bertz CT molecular complexity index is 778. The standard InChI is InChI=1S/C16H18N4O3/c1-23-13-9(8-5-6-8)3-2-4-10(13)12-7-11(14(17)21)15(19-12)20-16(18)22/h2-4,7-8,19H,5-6H2,1H3,(H2,17,21)(H3,18,20,22). The smallest absolute Gasteiger partial charge is 0.317 e. The first-order chi connectivity index (χ1) is 11.0. The van der Waals surface area contributed by atoms with Crippen LogP contribution >= 0.6 is 0 Å². The fraction of sp³-hybridized carbons (Fsp3) is 0.250. The van der Waals surface area contributed by atoms with Crippen molar-refractivity contribution in [3.05, 3.63) is 35.4 Å². The number of nitrogens with one attached hydrogen (secondary N) is 2. The summed E-state index contributed by atoms with van der Waals surface area (Å²) in [5.41, 5.74) is 13.2. The molecule has 1 aromatic heterocycles. The van der Waals surface area contributed by atoms with Crippen LogP contribution in [0.5, 0.6) is 5.75 Å². The number of methoxy groups -OCH3 is 1. The molecule has 0 saturated heterocycles. The zero-order valence-electron chi connectivity index (χ0n) is 12.7. The van der Waals surface area contributed by atoms with Crippen LogP contribution in [0, 0.1) is 0 Å².